The first-order valence-corrected chi connectivity index (χ1v) is 14.7. The van der Waals surface area contributed by atoms with E-state index in [2.05, 4.69) is 40.1 Å². The highest BCUT2D eigenvalue weighted by atomic mass is 31.1. The summed E-state index contributed by atoms with van der Waals surface area (Å²) in [5.74, 6) is 0. The highest BCUT2D eigenvalue weighted by molar-refractivity contribution is 7.38. The molecule has 0 spiro atoms. The molecule has 0 aliphatic carbocycles. The zero-order chi connectivity index (χ0) is 23.4. The van der Waals surface area contributed by atoms with Gasteiger partial charge in [0.1, 0.15) is 0 Å². The molecule has 0 heterocycles. The van der Waals surface area contributed by atoms with Gasteiger partial charge in [-0.15, -0.1) is 0 Å². The Bertz CT molecular complexity index is 464. The molecule has 184 valence electrons. The van der Waals surface area contributed by atoms with E-state index in [0.29, 0.717) is 10.9 Å². The lowest BCUT2D eigenvalue weighted by atomic mass is 10.00. The quantitative estimate of drug-likeness (QED) is 0.0709. The van der Waals surface area contributed by atoms with E-state index in [1.165, 1.54) is 89.9 Å². The van der Waals surface area contributed by atoms with Crippen molar-refractivity contribution in [1.29, 1.82) is 0 Å². The highest BCUT2D eigenvalue weighted by Crippen LogP contribution is 2.45. The van der Waals surface area contributed by atoms with Crippen LogP contribution in [0.4, 0.5) is 0 Å². The molecule has 4 heteroatoms. The molecular formula is C27H55NO2P+. The number of hydrogen-bond donors (Lipinski definition) is 0. The van der Waals surface area contributed by atoms with Crippen LogP contribution >= 0.6 is 8.03 Å². The summed E-state index contributed by atoms with van der Waals surface area (Å²) >= 11 is 0. The molecule has 2 atom stereocenters. The summed E-state index contributed by atoms with van der Waals surface area (Å²) in [6.07, 6.45) is 27.2. The van der Waals surface area contributed by atoms with Gasteiger partial charge in [0.15, 0.2) is 0 Å². The number of unbranched alkanes of at least 4 members (excludes halogenated alkanes) is 14. The van der Waals surface area contributed by atoms with Gasteiger partial charge >= 0.3 is 8.03 Å². The third-order valence-corrected chi connectivity index (χ3v) is 9.17. The summed E-state index contributed by atoms with van der Waals surface area (Å²) in [6, 6.07) is 0. The van der Waals surface area contributed by atoms with Crippen molar-refractivity contribution in [3.8, 4) is 0 Å². The smallest absolute Gasteiger partial charge is 0.376 e. The molecule has 0 aliphatic heterocycles. The Labute approximate surface area is 196 Å². The van der Waals surface area contributed by atoms with Crippen molar-refractivity contribution in [2.75, 3.05) is 20.6 Å². The molecule has 0 N–H and O–H groups in total. The van der Waals surface area contributed by atoms with Crippen LogP contribution in [0.3, 0.4) is 0 Å². The lowest BCUT2D eigenvalue weighted by Crippen LogP contribution is -2.58. The van der Waals surface area contributed by atoms with Crippen LogP contribution in [0.15, 0.2) is 12.2 Å². The van der Waals surface area contributed by atoms with Gasteiger partial charge in [-0.25, -0.2) is 0 Å². The number of quaternary nitrogens is 1. The molecule has 0 amide bonds. The monoisotopic (exact) mass is 456 g/mol. The van der Waals surface area contributed by atoms with E-state index >= 15 is 0 Å². The van der Waals surface area contributed by atoms with Crippen molar-refractivity contribution < 1.29 is 13.9 Å². The second kappa shape index (κ2) is 19.2. The number of rotatable bonds is 22. The average Bonchev–Trinajstić information content (AvgIpc) is 2.75. The van der Waals surface area contributed by atoms with Gasteiger partial charge < -0.3 is 4.89 Å². The maximum absolute atomic E-state index is 12.1. The molecule has 3 nitrogen and oxygen atoms in total. The Morgan fingerprint density at radius 3 is 1.52 bits per heavy atom. The molecule has 0 rings (SSSR count). The van der Waals surface area contributed by atoms with Crippen molar-refractivity contribution >= 4 is 8.03 Å². The van der Waals surface area contributed by atoms with E-state index in [4.69, 9.17) is 0 Å². The molecule has 0 aromatic heterocycles. The van der Waals surface area contributed by atoms with Crippen molar-refractivity contribution in [3.05, 3.63) is 12.2 Å². The molecule has 0 bridgehead atoms. The maximum Gasteiger partial charge on any atom is 0.376 e. The van der Waals surface area contributed by atoms with Crippen molar-refractivity contribution in [1.82, 2.24) is 0 Å². The lowest BCUT2D eigenvalue weighted by molar-refractivity contribution is -0.926. The highest BCUT2D eigenvalue weighted by Gasteiger charge is 2.54. The van der Waals surface area contributed by atoms with E-state index in [1.54, 1.807) is 0 Å². The van der Waals surface area contributed by atoms with Gasteiger partial charge in [-0.1, -0.05) is 101 Å². The van der Waals surface area contributed by atoms with Crippen LogP contribution < -0.4 is 4.89 Å². The van der Waals surface area contributed by atoms with E-state index in [1.807, 2.05) is 6.92 Å². The molecule has 0 aliphatic rings. The fraction of sp³-hybridized carbons (Fsp3) is 0.926. The third-order valence-electron chi connectivity index (χ3n) is 7.41. The Balaban J connectivity index is 3.67. The molecule has 0 fully saturated rings. The van der Waals surface area contributed by atoms with Crippen LogP contribution in [0, 0.1) is 0 Å². The molecule has 0 radical (unpaired) electrons. The first kappa shape index (κ1) is 30.8. The number of hydrogen-bond acceptors (Lipinski definition) is 2. The van der Waals surface area contributed by atoms with E-state index < -0.39 is 13.3 Å². The fourth-order valence-electron chi connectivity index (χ4n) is 4.65. The van der Waals surface area contributed by atoms with Gasteiger partial charge in [-0.3, -0.25) is 4.48 Å². The number of allylic oxidation sites excluding steroid dienone is 2. The van der Waals surface area contributed by atoms with Crippen LogP contribution in [0.25, 0.3) is 0 Å². The van der Waals surface area contributed by atoms with Gasteiger partial charge in [0.05, 0.1) is 20.6 Å². The Morgan fingerprint density at radius 1 is 0.710 bits per heavy atom. The average molecular weight is 457 g/mol. The molecule has 0 saturated heterocycles. The topological polar surface area (TPSA) is 40.1 Å². The predicted molar refractivity (Wildman–Crippen MR) is 137 cm³/mol. The first-order chi connectivity index (χ1) is 14.9. The van der Waals surface area contributed by atoms with Crippen molar-refractivity contribution in [2.45, 2.75) is 142 Å². The van der Waals surface area contributed by atoms with E-state index in [-0.39, 0.29) is 0 Å². The largest absolute Gasteiger partial charge is 0.590 e. The van der Waals surface area contributed by atoms with Gasteiger partial charge in [0, 0.05) is 12.8 Å². The molecule has 2 unspecified atom stereocenters. The van der Waals surface area contributed by atoms with E-state index in [0.717, 1.165) is 25.8 Å². The van der Waals surface area contributed by atoms with Crippen LogP contribution in [0.1, 0.15) is 136 Å². The van der Waals surface area contributed by atoms with Gasteiger partial charge in [-0.05, 0) is 39.0 Å². The molecule has 0 aromatic carbocycles. The summed E-state index contributed by atoms with van der Waals surface area (Å²) < 4.78 is 12.7. The standard InChI is InChI=1S/C27H55NO2P/c1-6-9-10-11-12-13-14-15-16-17-18-19-20-21-22-23-24-25-26-27(7-2,31(29)30)28(4,5)8-3/h15-16H,6-14,17-26H2,1-5H3/q+1/b16-15-. The molecular weight excluding hydrogens is 401 g/mol. The summed E-state index contributed by atoms with van der Waals surface area (Å²) in [5, 5.41) is -0.591. The predicted octanol–water partition coefficient (Wildman–Crippen LogP) is 8.50. The molecule has 0 aromatic rings. The van der Waals surface area contributed by atoms with Gasteiger partial charge in [0.25, 0.3) is 5.28 Å². The van der Waals surface area contributed by atoms with Crippen LogP contribution in [0.2, 0.25) is 0 Å². The van der Waals surface area contributed by atoms with E-state index in [9.17, 15) is 9.46 Å². The third kappa shape index (κ3) is 13.2. The second-order valence-electron chi connectivity index (χ2n) is 9.99. The normalized spacial score (nSPS) is 14.8. The zero-order valence-electron chi connectivity index (χ0n) is 21.8. The van der Waals surface area contributed by atoms with Crippen molar-refractivity contribution in [3.63, 3.8) is 0 Å². The summed E-state index contributed by atoms with van der Waals surface area (Å²) in [6.45, 7) is 7.25. The van der Waals surface area contributed by atoms with Gasteiger partial charge in [-0.2, -0.15) is 0 Å². The fourth-order valence-corrected chi connectivity index (χ4v) is 5.83. The maximum atomic E-state index is 12.1. The second-order valence-corrected chi connectivity index (χ2v) is 11.3. The zero-order valence-corrected chi connectivity index (χ0v) is 22.7. The van der Waals surface area contributed by atoms with Crippen LogP contribution in [-0.4, -0.2) is 30.4 Å². The van der Waals surface area contributed by atoms with Crippen LogP contribution in [-0.2, 0) is 4.57 Å². The minimum absolute atomic E-state index is 0.579. The van der Waals surface area contributed by atoms with Crippen molar-refractivity contribution in [2.24, 2.45) is 0 Å². The lowest BCUT2D eigenvalue weighted by Gasteiger charge is -2.41. The molecule has 0 saturated carbocycles. The van der Waals surface area contributed by atoms with Crippen LogP contribution in [0.5, 0.6) is 0 Å². The minimum atomic E-state index is -2.42. The number of nitrogens with zero attached hydrogens (tertiary/aromatic N) is 1. The minimum Gasteiger partial charge on any atom is -0.590 e. The SMILES string of the molecule is CCCCCCCC/C=C\CCCCCCCCCCC(CC)([P+](=O)[O-])[N+](C)(C)CC. The summed E-state index contributed by atoms with van der Waals surface area (Å²) in [7, 11) is 1.72. The Kier molecular flexibility index (Phi) is 19.1. The Hall–Kier alpha value is -0.240. The summed E-state index contributed by atoms with van der Waals surface area (Å²) in [5.41, 5.74) is 0. The van der Waals surface area contributed by atoms with Gasteiger partial charge in [0.2, 0.25) is 0 Å². The summed E-state index contributed by atoms with van der Waals surface area (Å²) in [4.78, 5) is 12.1. The Morgan fingerprint density at radius 2 is 1.13 bits per heavy atom. The molecule has 31 heavy (non-hydrogen) atoms. The first-order valence-electron chi connectivity index (χ1n) is 13.5.